The summed E-state index contributed by atoms with van der Waals surface area (Å²) in [5.41, 5.74) is 1.75. The number of nitrogens with zero attached hydrogens (tertiary/aromatic N) is 5. The lowest BCUT2D eigenvalue weighted by Gasteiger charge is -2.34. The van der Waals surface area contributed by atoms with Crippen molar-refractivity contribution in [2.24, 2.45) is 0 Å². The number of aromatic nitrogens is 4. The molecule has 1 amide bonds. The molecule has 0 aromatic carbocycles. The number of fused-ring (bicyclic) bond motifs is 2. The van der Waals surface area contributed by atoms with Crippen LogP contribution in [0.3, 0.4) is 0 Å². The van der Waals surface area contributed by atoms with Gasteiger partial charge in [-0.25, -0.2) is 14.8 Å². The van der Waals surface area contributed by atoms with Crippen molar-refractivity contribution in [3.8, 4) is 0 Å². The maximum atomic E-state index is 12.5. The van der Waals surface area contributed by atoms with Gasteiger partial charge in [0.2, 0.25) is 6.29 Å². The fraction of sp³-hybridized carbons (Fsp3) is 0.514. The van der Waals surface area contributed by atoms with Gasteiger partial charge < -0.3 is 25.2 Å². The third-order valence-corrected chi connectivity index (χ3v) is 8.28. The Morgan fingerprint density at radius 2 is 1.25 bits per heavy atom. The number of rotatable bonds is 4. The van der Waals surface area contributed by atoms with Gasteiger partial charge in [-0.2, -0.15) is 13.2 Å². The van der Waals surface area contributed by atoms with Crippen LogP contribution in [0.15, 0.2) is 58.1 Å². The number of halogens is 3. The minimum absolute atomic E-state index is 0.0120. The van der Waals surface area contributed by atoms with E-state index in [1.54, 1.807) is 57.4 Å². The first-order chi connectivity index (χ1) is 25.5. The summed E-state index contributed by atoms with van der Waals surface area (Å²) in [6, 6.07) is 14.2. The highest BCUT2D eigenvalue weighted by Gasteiger charge is 2.29. The van der Waals surface area contributed by atoms with E-state index in [0.29, 0.717) is 55.5 Å². The molecule has 2 aliphatic heterocycles. The van der Waals surface area contributed by atoms with Crippen molar-refractivity contribution in [2.45, 2.75) is 97.4 Å². The normalized spacial score (nSPS) is 15.6. The molecule has 2 aliphatic rings. The van der Waals surface area contributed by atoms with E-state index in [0.717, 1.165) is 36.7 Å². The van der Waals surface area contributed by atoms with Crippen LogP contribution in [0.5, 0.6) is 0 Å². The van der Waals surface area contributed by atoms with Crippen LogP contribution in [-0.2, 0) is 22.7 Å². The second-order valence-electron chi connectivity index (χ2n) is 13.2. The summed E-state index contributed by atoms with van der Waals surface area (Å²) < 4.78 is 46.4. The number of ether oxygens (including phenoxy) is 1. The minimum Gasteiger partial charge on any atom is -0.444 e. The molecule has 53 heavy (non-hydrogen) atoms. The second-order valence-corrected chi connectivity index (χ2v) is 13.2. The zero-order valence-corrected chi connectivity index (χ0v) is 30.4. The van der Waals surface area contributed by atoms with Gasteiger partial charge >= 0.3 is 12.3 Å². The Kier molecular flexibility index (Phi) is 15.1. The molecular weight excluding hydrogens is 697 g/mol. The fourth-order valence-corrected chi connectivity index (χ4v) is 5.91. The van der Waals surface area contributed by atoms with E-state index in [-0.39, 0.29) is 42.5 Å². The number of nitrogens with one attached hydrogen (secondary N) is 1. The molecular formula is C37H49F3N6O7. The number of hydrogen-bond donors (Lipinski definition) is 3. The molecule has 290 valence electrons. The molecule has 2 saturated heterocycles. The lowest BCUT2D eigenvalue weighted by molar-refractivity contribution is -0.156. The number of pyridine rings is 4. The molecule has 4 aromatic heterocycles. The smallest absolute Gasteiger partial charge is 0.444 e. The SMILES string of the molecule is CC(C)(C)OC(=O)N1CCC(n2c(=O)ccc3ccc(CO)nc32)CC1.O=CC(F)(F)F.O=c1ccc2ccc(CO)nc2n1C1CCNCC1.[2H]CC. The zero-order valence-electron chi connectivity index (χ0n) is 31.4. The summed E-state index contributed by atoms with van der Waals surface area (Å²) in [7, 11) is 0. The number of aliphatic hydroxyl groups is 2. The largest absolute Gasteiger partial charge is 0.446 e. The molecule has 6 heterocycles. The van der Waals surface area contributed by atoms with Crippen LogP contribution in [0, 0.1) is 0 Å². The van der Waals surface area contributed by atoms with Gasteiger partial charge in [-0.05, 0) is 95.9 Å². The Morgan fingerprint density at radius 3 is 1.62 bits per heavy atom. The minimum atomic E-state index is -4.64. The molecule has 3 N–H and O–H groups in total. The summed E-state index contributed by atoms with van der Waals surface area (Å²) in [6.07, 6.45) is -2.84. The van der Waals surface area contributed by atoms with Gasteiger partial charge in [-0.3, -0.25) is 23.5 Å². The van der Waals surface area contributed by atoms with E-state index in [1.807, 2.05) is 32.9 Å². The molecule has 0 spiro atoms. The van der Waals surface area contributed by atoms with E-state index in [4.69, 9.17) is 10.9 Å². The number of alkyl halides is 3. The topological polar surface area (TPSA) is 169 Å². The first kappa shape index (κ1) is 41.1. The summed E-state index contributed by atoms with van der Waals surface area (Å²) in [5, 5.41) is 23.7. The Balaban J connectivity index is 0.000000244. The Hall–Kier alpha value is -4.67. The molecule has 4 aromatic rings. The maximum Gasteiger partial charge on any atom is 0.446 e. The average Bonchev–Trinajstić information content (AvgIpc) is 3.14. The summed E-state index contributed by atoms with van der Waals surface area (Å²) >= 11 is 0. The molecule has 0 bridgehead atoms. The number of aliphatic hydroxyl groups excluding tert-OH is 2. The first-order valence-electron chi connectivity index (χ1n) is 18.0. The highest BCUT2D eigenvalue weighted by Crippen LogP contribution is 2.26. The highest BCUT2D eigenvalue weighted by atomic mass is 19.4. The van der Waals surface area contributed by atoms with E-state index in [2.05, 4.69) is 15.3 Å². The van der Waals surface area contributed by atoms with E-state index >= 15 is 0 Å². The average molecular weight is 748 g/mol. The number of piperidine rings is 2. The van der Waals surface area contributed by atoms with Gasteiger partial charge in [0.25, 0.3) is 11.1 Å². The molecule has 13 nitrogen and oxygen atoms in total. The van der Waals surface area contributed by atoms with Crippen LogP contribution in [0.4, 0.5) is 18.0 Å². The molecule has 0 aliphatic carbocycles. The van der Waals surface area contributed by atoms with Crippen molar-refractivity contribution in [3.05, 3.63) is 80.6 Å². The molecule has 0 saturated carbocycles. The number of aldehydes is 1. The van der Waals surface area contributed by atoms with Crippen LogP contribution in [0.25, 0.3) is 22.1 Å². The summed E-state index contributed by atoms with van der Waals surface area (Å²) in [6.45, 7) is 10.5. The lowest BCUT2D eigenvalue weighted by Crippen LogP contribution is -2.43. The van der Waals surface area contributed by atoms with Gasteiger partial charge in [0.1, 0.15) is 16.9 Å². The van der Waals surface area contributed by atoms with Crippen LogP contribution in [0.1, 0.15) is 85.1 Å². The monoisotopic (exact) mass is 747 g/mol. The van der Waals surface area contributed by atoms with Crippen LogP contribution < -0.4 is 16.4 Å². The van der Waals surface area contributed by atoms with E-state index in [9.17, 15) is 37.8 Å². The van der Waals surface area contributed by atoms with Crippen LogP contribution in [0.2, 0.25) is 0 Å². The van der Waals surface area contributed by atoms with Crippen molar-refractivity contribution in [2.75, 3.05) is 26.2 Å². The van der Waals surface area contributed by atoms with E-state index in [1.165, 1.54) is 0 Å². The Bertz CT molecular complexity index is 1950. The van der Waals surface area contributed by atoms with Gasteiger partial charge in [-0.1, -0.05) is 13.8 Å². The van der Waals surface area contributed by atoms with Crippen molar-refractivity contribution in [1.29, 1.82) is 0 Å². The maximum absolute atomic E-state index is 12.5. The molecule has 6 rings (SSSR count). The second kappa shape index (κ2) is 19.4. The van der Waals surface area contributed by atoms with Crippen LogP contribution >= 0.6 is 0 Å². The van der Waals surface area contributed by atoms with E-state index < -0.39 is 18.1 Å². The summed E-state index contributed by atoms with van der Waals surface area (Å²) in [5.74, 6) is 0. The van der Waals surface area contributed by atoms with Gasteiger partial charge in [-0.15, -0.1) is 0 Å². The van der Waals surface area contributed by atoms with Crippen molar-refractivity contribution < 1.29 is 39.1 Å². The molecule has 16 heteroatoms. The number of likely N-dealkylation sites (tertiary alicyclic amines) is 1. The highest BCUT2D eigenvalue weighted by molar-refractivity contribution is 5.76. The third-order valence-electron chi connectivity index (χ3n) is 8.28. The molecule has 2 fully saturated rings. The van der Waals surface area contributed by atoms with Gasteiger partial charge in [0, 0.05) is 49.4 Å². The predicted molar refractivity (Wildman–Crippen MR) is 195 cm³/mol. The number of amides is 1. The van der Waals surface area contributed by atoms with Crippen molar-refractivity contribution >= 4 is 34.4 Å². The van der Waals surface area contributed by atoms with Crippen molar-refractivity contribution in [3.63, 3.8) is 0 Å². The Morgan fingerprint density at radius 1 is 0.849 bits per heavy atom. The lowest BCUT2D eigenvalue weighted by atomic mass is 10.0. The standard InChI is InChI=1S/C19H25N3O4.C14H17N3O2.C2HF3O.C2H6/c1-19(2,3)26-18(25)21-10-8-15(9-11-21)22-16(24)7-5-13-4-6-14(12-23)20-17(13)22;18-9-11-3-1-10-2-4-13(19)17(14(10)16-11)12-5-7-15-8-6-12;3-2(4,5)1-6;1-2/h4-7,15,23H,8-12H2,1-3H3;1-4,12,15,18H,5-9H2;1H;1-2H3/i;;;1D. The fourth-order valence-electron chi connectivity index (χ4n) is 5.91. The van der Waals surface area contributed by atoms with Crippen molar-refractivity contribution in [1.82, 2.24) is 29.3 Å². The van der Waals surface area contributed by atoms with Gasteiger partial charge in [0.15, 0.2) is 0 Å². The van der Waals surface area contributed by atoms with Gasteiger partial charge in [0.05, 0.1) is 24.6 Å². The molecule has 0 radical (unpaired) electrons. The molecule has 0 unspecified atom stereocenters. The zero-order chi connectivity index (χ0) is 40.1. The Labute approximate surface area is 306 Å². The third kappa shape index (κ3) is 12.2. The predicted octanol–water partition coefficient (Wildman–Crippen LogP) is 5.05. The quantitative estimate of drug-likeness (QED) is 0.241. The van der Waals surface area contributed by atoms with Crippen LogP contribution in [-0.4, -0.2) is 84.6 Å². The number of carbonyl (C=O) groups is 2. The first-order valence-corrected chi connectivity index (χ1v) is 17.3. The molecule has 0 atom stereocenters. The number of hydrogen-bond acceptors (Lipinski definition) is 10. The summed E-state index contributed by atoms with van der Waals surface area (Å²) in [4.78, 5) is 56.1. The number of carbonyl (C=O) groups excluding carboxylic acids is 2.